The number of carbonyl (C=O) groups excluding carboxylic acids is 5. The Morgan fingerprint density at radius 1 is 0.629 bits per heavy atom. The van der Waals surface area contributed by atoms with Crippen LogP contribution in [0.15, 0.2) is 84.9 Å². The molecule has 4 rings (SSSR count). The van der Waals surface area contributed by atoms with Crippen molar-refractivity contribution in [2.24, 2.45) is 0 Å². The van der Waals surface area contributed by atoms with E-state index in [1.54, 1.807) is 36.4 Å². The van der Waals surface area contributed by atoms with Gasteiger partial charge in [0.1, 0.15) is 0 Å². The Bertz CT molecular complexity index is 1220. The third-order valence-electron chi connectivity index (χ3n) is 5.24. The molecule has 1 saturated heterocycles. The lowest BCUT2D eigenvalue weighted by Crippen LogP contribution is -2.37. The van der Waals surface area contributed by atoms with Crippen molar-refractivity contribution in [3.8, 4) is 0 Å². The number of hydrogen-bond donors (Lipinski definition) is 0. The maximum atomic E-state index is 13.4. The molecule has 0 bridgehead atoms. The molecule has 3 aromatic rings. The van der Waals surface area contributed by atoms with Crippen LogP contribution < -0.4 is 4.90 Å². The molecule has 0 N–H and O–H groups in total. The highest BCUT2D eigenvalue weighted by atomic mass is 16.6. The first-order valence-corrected chi connectivity index (χ1v) is 10.5. The number of methoxy groups -OCH3 is 1. The lowest BCUT2D eigenvalue weighted by Gasteiger charge is -2.17. The second-order valence-electron chi connectivity index (χ2n) is 7.40. The summed E-state index contributed by atoms with van der Waals surface area (Å²) in [6.45, 7) is 0. The van der Waals surface area contributed by atoms with E-state index in [0.29, 0.717) is 4.90 Å². The van der Waals surface area contributed by atoms with E-state index >= 15 is 0 Å². The number of esters is 3. The van der Waals surface area contributed by atoms with E-state index < -0.39 is 41.9 Å². The molecule has 1 aliphatic rings. The molecule has 1 heterocycles. The Kier molecular flexibility index (Phi) is 6.68. The minimum absolute atomic E-state index is 0.0696. The number of benzene rings is 3. The normalized spacial score (nSPS) is 17.1. The van der Waals surface area contributed by atoms with Gasteiger partial charge in [-0.1, -0.05) is 48.5 Å². The maximum absolute atomic E-state index is 13.4. The van der Waals surface area contributed by atoms with E-state index in [-0.39, 0.29) is 22.4 Å². The van der Waals surface area contributed by atoms with Gasteiger partial charge in [0.15, 0.2) is 0 Å². The number of ether oxygens (including phenoxy) is 3. The van der Waals surface area contributed by atoms with Gasteiger partial charge in [0, 0.05) is 0 Å². The van der Waals surface area contributed by atoms with Crippen LogP contribution in [0, 0.1) is 0 Å². The molecule has 0 aromatic heterocycles. The van der Waals surface area contributed by atoms with Crippen molar-refractivity contribution < 1.29 is 38.2 Å². The number of amides is 2. The van der Waals surface area contributed by atoms with Crippen LogP contribution in [-0.4, -0.2) is 49.0 Å². The van der Waals surface area contributed by atoms with Gasteiger partial charge >= 0.3 is 17.9 Å². The summed E-state index contributed by atoms with van der Waals surface area (Å²) in [6.07, 6.45) is -3.54. The number of rotatable bonds is 6. The molecule has 2 amide bonds. The standard InChI is InChI=1S/C26H19NO8/c1-33-26(32)18-14-8-9-15-19(18)27-22(28)20(34-24(30)16-10-4-2-5-11-16)21(23(27)29)35-25(31)17-12-6-3-7-13-17/h2-15,20-21H,1H3/t20-,21+. The summed E-state index contributed by atoms with van der Waals surface area (Å²) in [5.74, 6) is -4.51. The van der Waals surface area contributed by atoms with Crippen LogP contribution in [-0.2, 0) is 23.8 Å². The molecule has 1 aliphatic heterocycles. The third-order valence-corrected chi connectivity index (χ3v) is 5.24. The van der Waals surface area contributed by atoms with Gasteiger partial charge in [-0.2, -0.15) is 0 Å². The molecule has 3 aromatic carbocycles. The zero-order valence-electron chi connectivity index (χ0n) is 18.5. The topological polar surface area (TPSA) is 116 Å². The first-order chi connectivity index (χ1) is 16.9. The summed E-state index contributed by atoms with van der Waals surface area (Å²) in [6, 6.07) is 21.4. The fourth-order valence-electron chi connectivity index (χ4n) is 3.55. The Morgan fingerprint density at radius 3 is 1.51 bits per heavy atom. The number of hydrogen-bond acceptors (Lipinski definition) is 8. The van der Waals surface area contributed by atoms with Crippen LogP contribution >= 0.6 is 0 Å². The van der Waals surface area contributed by atoms with Crippen molar-refractivity contribution in [3.05, 3.63) is 102 Å². The van der Waals surface area contributed by atoms with Crippen LogP contribution in [0.5, 0.6) is 0 Å². The summed E-state index contributed by atoms with van der Waals surface area (Å²) >= 11 is 0. The van der Waals surface area contributed by atoms with Crippen LogP contribution in [0.3, 0.4) is 0 Å². The average Bonchev–Trinajstić information content (AvgIpc) is 3.12. The highest BCUT2D eigenvalue weighted by Gasteiger charge is 2.54. The van der Waals surface area contributed by atoms with E-state index in [1.807, 2.05) is 0 Å². The molecule has 0 radical (unpaired) electrons. The predicted molar refractivity (Wildman–Crippen MR) is 122 cm³/mol. The molecule has 35 heavy (non-hydrogen) atoms. The molecule has 9 heteroatoms. The van der Waals surface area contributed by atoms with Crippen molar-refractivity contribution in [1.82, 2.24) is 0 Å². The van der Waals surface area contributed by atoms with Crippen molar-refractivity contribution >= 4 is 35.4 Å². The molecule has 0 unspecified atom stereocenters. The number of carbonyl (C=O) groups is 5. The number of anilines is 1. The number of nitrogens with zero attached hydrogens (tertiary/aromatic N) is 1. The largest absolute Gasteiger partial charge is 0.465 e. The lowest BCUT2D eigenvalue weighted by atomic mass is 10.1. The highest BCUT2D eigenvalue weighted by Crippen LogP contribution is 2.31. The summed E-state index contributed by atoms with van der Waals surface area (Å²) in [5.41, 5.74) is 0.108. The molecular weight excluding hydrogens is 454 g/mol. The zero-order chi connectivity index (χ0) is 24.9. The van der Waals surface area contributed by atoms with Gasteiger partial charge in [0.25, 0.3) is 11.8 Å². The summed E-state index contributed by atoms with van der Waals surface area (Å²) in [7, 11) is 1.15. The molecule has 1 fully saturated rings. The second kappa shape index (κ2) is 10.0. The molecular formula is C26H19NO8. The molecule has 176 valence electrons. The van der Waals surface area contributed by atoms with E-state index in [0.717, 1.165) is 7.11 Å². The van der Waals surface area contributed by atoms with E-state index in [4.69, 9.17) is 14.2 Å². The molecule has 0 spiro atoms. The van der Waals surface area contributed by atoms with Gasteiger partial charge in [0.2, 0.25) is 12.2 Å². The minimum atomic E-state index is -1.77. The monoisotopic (exact) mass is 473 g/mol. The highest BCUT2D eigenvalue weighted by molar-refractivity contribution is 6.26. The third kappa shape index (κ3) is 4.65. The van der Waals surface area contributed by atoms with Gasteiger partial charge < -0.3 is 14.2 Å². The number of para-hydroxylation sites is 1. The molecule has 0 aliphatic carbocycles. The Morgan fingerprint density at radius 2 is 1.06 bits per heavy atom. The van der Waals surface area contributed by atoms with Gasteiger partial charge in [-0.3, -0.25) is 9.59 Å². The second-order valence-corrected chi connectivity index (χ2v) is 7.40. The van der Waals surface area contributed by atoms with Crippen molar-refractivity contribution in [2.45, 2.75) is 12.2 Å². The van der Waals surface area contributed by atoms with E-state index in [2.05, 4.69) is 0 Å². The first-order valence-electron chi connectivity index (χ1n) is 10.5. The van der Waals surface area contributed by atoms with E-state index in [1.165, 1.54) is 48.5 Å². The SMILES string of the molecule is COC(=O)c1ccccc1N1C(=O)[C@@H](OC(=O)c2ccccc2)[C@@H](OC(=O)c2ccccc2)C1=O. The van der Waals surface area contributed by atoms with Gasteiger partial charge in [0.05, 0.1) is 29.5 Å². The van der Waals surface area contributed by atoms with Gasteiger partial charge in [-0.25, -0.2) is 19.3 Å². The van der Waals surface area contributed by atoms with Crippen molar-refractivity contribution in [1.29, 1.82) is 0 Å². The molecule has 9 nitrogen and oxygen atoms in total. The Hall–Kier alpha value is -4.79. The van der Waals surface area contributed by atoms with Crippen molar-refractivity contribution in [2.75, 3.05) is 12.0 Å². The Balaban J connectivity index is 1.71. The Labute approximate surface area is 199 Å². The first kappa shape index (κ1) is 23.4. The van der Waals surface area contributed by atoms with Gasteiger partial charge in [-0.15, -0.1) is 0 Å². The zero-order valence-corrected chi connectivity index (χ0v) is 18.5. The fourth-order valence-corrected chi connectivity index (χ4v) is 3.55. The molecule has 0 saturated carbocycles. The van der Waals surface area contributed by atoms with Crippen LogP contribution in [0.4, 0.5) is 5.69 Å². The van der Waals surface area contributed by atoms with Crippen LogP contribution in [0.1, 0.15) is 31.1 Å². The fraction of sp³-hybridized carbons (Fsp3) is 0.115. The van der Waals surface area contributed by atoms with Crippen molar-refractivity contribution in [3.63, 3.8) is 0 Å². The lowest BCUT2D eigenvalue weighted by molar-refractivity contribution is -0.130. The maximum Gasteiger partial charge on any atom is 0.339 e. The van der Waals surface area contributed by atoms with Gasteiger partial charge in [-0.05, 0) is 36.4 Å². The summed E-state index contributed by atoms with van der Waals surface area (Å²) in [4.78, 5) is 65.0. The smallest absolute Gasteiger partial charge is 0.339 e. The average molecular weight is 473 g/mol. The van der Waals surface area contributed by atoms with Crippen LogP contribution in [0.2, 0.25) is 0 Å². The summed E-state index contributed by atoms with van der Waals surface area (Å²) < 4.78 is 15.5. The molecule has 2 atom stereocenters. The quantitative estimate of drug-likeness (QED) is 0.305. The summed E-state index contributed by atoms with van der Waals surface area (Å²) in [5, 5.41) is 0. The van der Waals surface area contributed by atoms with E-state index in [9.17, 15) is 24.0 Å². The number of imide groups is 1. The van der Waals surface area contributed by atoms with Crippen LogP contribution in [0.25, 0.3) is 0 Å². The minimum Gasteiger partial charge on any atom is -0.465 e. The predicted octanol–water partition coefficient (Wildman–Crippen LogP) is 2.80.